The molecule has 0 aromatic carbocycles. The summed E-state index contributed by atoms with van der Waals surface area (Å²) in [5.41, 5.74) is 0. The largest absolute Gasteiger partial charge is 0 e. The molecule has 5 nitrogen and oxygen atoms in total. The van der Waals surface area contributed by atoms with Gasteiger partial charge in [0.05, 0.1) is 0 Å². The van der Waals surface area contributed by atoms with E-state index in [1.165, 1.54) is 0 Å². The standard InChI is InChI=1S/5CO.CH5P.W/c6*1-2;/h;;;;;2H2,1H3;. The van der Waals surface area contributed by atoms with E-state index in [0.717, 1.165) is 0 Å². The third-order valence-electron chi connectivity index (χ3n) is 0. The maximum absolute atomic E-state index is 7.50. The van der Waals surface area contributed by atoms with Crippen molar-refractivity contribution in [2.75, 3.05) is 6.66 Å². The van der Waals surface area contributed by atoms with Crippen molar-refractivity contribution in [2.45, 2.75) is 0 Å². The van der Waals surface area contributed by atoms with Crippen molar-refractivity contribution < 1.29 is 44.3 Å². The van der Waals surface area contributed by atoms with Crippen LogP contribution in [0.15, 0.2) is 0 Å². The van der Waals surface area contributed by atoms with Crippen molar-refractivity contribution in [1.82, 2.24) is 0 Å². The molecule has 0 heterocycles. The Morgan fingerprint density at radius 1 is 0.538 bits per heavy atom. The Morgan fingerprint density at radius 2 is 0.538 bits per heavy atom. The monoisotopic (exact) mass is 372 g/mol. The van der Waals surface area contributed by atoms with Gasteiger partial charge in [0.15, 0.2) is 0 Å². The Morgan fingerprint density at radius 3 is 0.538 bits per heavy atom. The Bertz CT molecular complexity index is 79.6. The number of hydrogen-bond donors (Lipinski definition) is 0. The predicted octanol–water partition coefficient (Wildman–Crippen LogP) is 0.301. The fraction of sp³-hybridized carbons (Fsp3) is 0.167. The molecule has 0 spiro atoms. The summed E-state index contributed by atoms with van der Waals surface area (Å²) in [7, 11) is 2.42. The van der Waals surface area contributed by atoms with Crippen LogP contribution in [0.4, 0.5) is 0 Å². The van der Waals surface area contributed by atoms with E-state index in [1.54, 1.807) is 0 Å². The van der Waals surface area contributed by atoms with Gasteiger partial charge in [-0.25, -0.2) is 0 Å². The van der Waals surface area contributed by atoms with Crippen LogP contribution in [0.3, 0.4) is 0 Å². The van der Waals surface area contributed by atoms with E-state index in [2.05, 4.69) is 42.5 Å². The molecule has 0 saturated heterocycles. The molecule has 0 aliphatic heterocycles. The summed E-state index contributed by atoms with van der Waals surface area (Å²) in [4.78, 5) is 0. The van der Waals surface area contributed by atoms with E-state index in [4.69, 9.17) is 23.3 Å². The fourth-order valence-electron chi connectivity index (χ4n) is 0. The number of hydrogen-bond acceptors (Lipinski definition) is 0. The van der Waals surface area contributed by atoms with Crippen LogP contribution in [0.25, 0.3) is 0 Å². The van der Waals surface area contributed by atoms with Gasteiger partial charge >= 0.3 is 56.5 Å². The summed E-state index contributed by atoms with van der Waals surface area (Å²) in [5, 5.41) is 0. The van der Waals surface area contributed by atoms with E-state index in [-0.39, 0.29) is 21.1 Å². The molecule has 0 radical (unpaired) electrons. The predicted molar refractivity (Wildman–Crippen MR) is 35.3 cm³/mol. The molecule has 0 N–H and O–H groups in total. The third kappa shape index (κ3) is 34500. The molecule has 0 rings (SSSR count). The normalized spacial score (nSPS) is 1.23. The maximum Gasteiger partial charge on any atom is 0 e. The van der Waals surface area contributed by atoms with Crippen molar-refractivity contribution >= 4 is 9.24 Å². The second kappa shape index (κ2) is 41900. The van der Waals surface area contributed by atoms with Gasteiger partial charge in [-0.1, -0.05) is 6.66 Å². The minimum absolute atomic E-state index is 0. The Kier molecular flexibility index (Phi) is 170000. The molecular weight excluding hydrogens is 367 g/mol. The van der Waals surface area contributed by atoms with E-state index < -0.39 is 0 Å². The van der Waals surface area contributed by atoms with Gasteiger partial charge < -0.3 is 0 Å². The first kappa shape index (κ1) is 52.9. The molecule has 0 bridgehead atoms. The van der Waals surface area contributed by atoms with Gasteiger partial charge in [0, 0.05) is 21.1 Å². The summed E-state index contributed by atoms with van der Waals surface area (Å²) in [6.07, 6.45) is 0. The van der Waals surface area contributed by atoms with Crippen LogP contribution in [-0.4, -0.2) is 6.66 Å². The van der Waals surface area contributed by atoms with E-state index in [0.29, 0.717) is 0 Å². The maximum atomic E-state index is 7.50. The zero-order valence-electron chi connectivity index (χ0n) is 6.53. The van der Waals surface area contributed by atoms with Crippen LogP contribution in [0.1, 0.15) is 0 Å². The van der Waals surface area contributed by atoms with Crippen molar-refractivity contribution in [1.29, 1.82) is 0 Å². The van der Waals surface area contributed by atoms with Gasteiger partial charge in [-0.3, -0.25) is 0 Å². The average Bonchev–Trinajstić information content (AvgIpc) is 2.33. The molecule has 1 unspecified atom stereocenters. The van der Waals surface area contributed by atoms with Crippen LogP contribution >= 0.6 is 9.24 Å². The molecule has 1 atom stereocenters. The first-order valence-corrected chi connectivity index (χ1v) is 2.75. The van der Waals surface area contributed by atoms with Gasteiger partial charge in [-0.15, -0.1) is 9.24 Å². The van der Waals surface area contributed by atoms with Gasteiger partial charge in [0.25, 0.3) is 0 Å². The van der Waals surface area contributed by atoms with E-state index >= 15 is 0 Å². The quantitative estimate of drug-likeness (QED) is 0.332. The Labute approximate surface area is 93.7 Å². The van der Waals surface area contributed by atoms with Gasteiger partial charge in [0.2, 0.25) is 0 Å². The van der Waals surface area contributed by atoms with Crippen molar-refractivity contribution in [2.24, 2.45) is 0 Å². The summed E-state index contributed by atoms with van der Waals surface area (Å²) >= 11 is 0. The van der Waals surface area contributed by atoms with Crippen LogP contribution in [0.2, 0.25) is 0 Å². The molecule has 0 aromatic heterocycles. The topological polar surface area (TPSA) is 99.5 Å². The van der Waals surface area contributed by atoms with Crippen LogP contribution in [0, 0.1) is 33.3 Å². The second-order valence-electron chi connectivity index (χ2n) is 0. The van der Waals surface area contributed by atoms with Crippen molar-refractivity contribution in [3.63, 3.8) is 0 Å². The molecule has 70 valence electrons. The SMILES string of the molecule is CP.[C-]#[O+].[C-]#[O+].[C-]#[O+].[C-]#[O+].[C-]#[O+].[W]. The van der Waals surface area contributed by atoms with Crippen molar-refractivity contribution in [3.8, 4) is 0 Å². The molecule has 0 amide bonds. The average molecular weight is 372 g/mol. The summed E-state index contributed by atoms with van der Waals surface area (Å²) in [5.74, 6) is 0. The van der Waals surface area contributed by atoms with Crippen LogP contribution in [-0.2, 0) is 44.3 Å². The van der Waals surface area contributed by atoms with Gasteiger partial charge in [0.1, 0.15) is 0 Å². The minimum Gasteiger partial charge on any atom is 0 e. The minimum atomic E-state index is 0. The molecule has 7 heteroatoms. The third-order valence-corrected chi connectivity index (χ3v) is 0. The van der Waals surface area contributed by atoms with Crippen molar-refractivity contribution in [3.05, 3.63) is 33.3 Å². The van der Waals surface area contributed by atoms with Crippen LogP contribution in [0.5, 0.6) is 0 Å². The Balaban J connectivity index is -0.00000000655. The second-order valence-corrected chi connectivity index (χ2v) is 0. The fourth-order valence-corrected chi connectivity index (χ4v) is 0. The van der Waals surface area contributed by atoms with Crippen LogP contribution < -0.4 is 0 Å². The van der Waals surface area contributed by atoms with E-state index in [9.17, 15) is 0 Å². The first-order valence-electron chi connectivity index (χ1n) is 1.60. The zero-order chi connectivity index (χ0) is 12.0. The van der Waals surface area contributed by atoms with Gasteiger partial charge in [-0.2, -0.15) is 0 Å². The summed E-state index contributed by atoms with van der Waals surface area (Å²) in [6.45, 7) is 24.4. The molecular formula is C6H5O5PW. The number of rotatable bonds is 0. The summed E-state index contributed by atoms with van der Waals surface area (Å²) < 4.78 is 37.5. The smallest absolute Gasteiger partial charge is 0 e. The Hall–Kier alpha value is -0.182. The molecule has 0 saturated carbocycles. The molecule has 0 fully saturated rings. The van der Waals surface area contributed by atoms with Gasteiger partial charge in [-0.05, 0) is 0 Å². The van der Waals surface area contributed by atoms with E-state index in [1.807, 2.05) is 6.66 Å². The first-order chi connectivity index (χ1) is 6.00. The molecule has 0 aromatic rings. The molecule has 0 aliphatic carbocycles. The molecule has 0 aliphatic rings. The zero-order valence-corrected chi connectivity index (χ0v) is 10.6. The summed E-state index contributed by atoms with van der Waals surface area (Å²) in [6, 6.07) is 0. The molecule has 13 heavy (non-hydrogen) atoms.